The summed E-state index contributed by atoms with van der Waals surface area (Å²) in [5.74, 6) is -0.0761. The van der Waals surface area contributed by atoms with E-state index in [2.05, 4.69) is 19.9 Å². The predicted molar refractivity (Wildman–Crippen MR) is 119 cm³/mol. The Kier molecular flexibility index (Phi) is 8.15. The molecule has 0 aliphatic heterocycles. The van der Waals surface area contributed by atoms with Gasteiger partial charge in [0, 0.05) is 11.1 Å². The highest BCUT2D eigenvalue weighted by atomic mass is 19.4. The molecule has 0 aromatic heterocycles. The highest BCUT2D eigenvalue weighted by molar-refractivity contribution is 6.05. The van der Waals surface area contributed by atoms with E-state index in [4.69, 9.17) is 10.1 Å². The highest BCUT2D eigenvalue weighted by Gasteiger charge is 2.38. The first-order valence-corrected chi connectivity index (χ1v) is 10.7. The largest absolute Gasteiger partial charge is 0.507 e. The van der Waals surface area contributed by atoms with Crippen molar-refractivity contribution in [1.29, 1.82) is 5.41 Å². The molecule has 0 bridgehead atoms. The average molecular weight is 436 g/mol. The Bertz CT molecular complexity index is 924. The summed E-state index contributed by atoms with van der Waals surface area (Å²) in [4.78, 5) is 0. The van der Waals surface area contributed by atoms with E-state index >= 15 is 0 Å². The van der Waals surface area contributed by atoms with Gasteiger partial charge in [-0.3, -0.25) is 5.41 Å². The third kappa shape index (κ3) is 6.02. The van der Waals surface area contributed by atoms with Gasteiger partial charge in [0.15, 0.2) is 0 Å². The molecule has 0 fully saturated rings. The minimum absolute atomic E-state index is 0.339. The third-order valence-electron chi connectivity index (χ3n) is 5.29. The minimum atomic E-state index is -4.84. The van der Waals surface area contributed by atoms with Gasteiger partial charge in [0.2, 0.25) is 0 Å². The lowest BCUT2D eigenvalue weighted by Gasteiger charge is -2.24. The second-order valence-corrected chi connectivity index (χ2v) is 8.22. The van der Waals surface area contributed by atoms with Crippen molar-refractivity contribution >= 4 is 5.71 Å². The van der Waals surface area contributed by atoms with E-state index in [1.54, 1.807) is 0 Å². The molecule has 1 aliphatic carbocycles. The number of nitrogens with one attached hydrogen (secondary N) is 1. The van der Waals surface area contributed by atoms with Crippen molar-refractivity contribution in [2.24, 2.45) is 0 Å². The van der Waals surface area contributed by atoms with E-state index in [-0.39, 0.29) is 6.10 Å². The van der Waals surface area contributed by atoms with Gasteiger partial charge in [-0.25, -0.2) is 0 Å². The number of hydrogen-bond acceptors (Lipinski definition) is 3. The van der Waals surface area contributed by atoms with Gasteiger partial charge in [0.25, 0.3) is 0 Å². The fourth-order valence-electron chi connectivity index (χ4n) is 3.82. The highest BCUT2D eigenvalue weighted by Crippen LogP contribution is 2.40. The molecular formula is C25H32F3NO2. The molecule has 0 heterocycles. The van der Waals surface area contributed by atoms with Crippen LogP contribution in [-0.4, -0.2) is 23.1 Å². The number of allylic oxidation sites excluding steroid dienone is 4. The molecule has 0 spiro atoms. The minimum Gasteiger partial charge on any atom is -0.507 e. The van der Waals surface area contributed by atoms with Crippen molar-refractivity contribution in [2.75, 3.05) is 0 Å². The average Bonchev–Trinajstić information content (AvgIpc) is 2.85. The lowest BCUT2D eigenvalue weighted by atomic mass is 9.94. The van der Waals surface area contributed by atoms with Gasteiger partial charge in [-0.1, -0.05) is 56.1 Å². The number of rotatable bonds is 8. The number of hydrogen-bond donors (Lipinski definition) is 2. The van der Waals surface area contributed by atoms with Gasteiger partial charge < -0.3 is 9.84 Å². The second kappa shape index (κ2) is 10.2. The number of aryl methyl sites for hydroxylation is 1. The molecule has 31 heavy (non-hydrogen) atoms. The Morgan fingerprint density at radius 1 is 1.13 bits per heavy atom. The summed E-state index contributed by atoms with van der Waals surface area (Å²) in [5.41, 5.74) is 2.31. The maximum atomic E-state index is 13.2. The van der Waals surface area contributed by atoms with Crippen molar-refractivity contribution in [3.63, 3.8) is 0 Å². The predicted octanol–water partition coefficient (Wildman–Crippen LogP) is 7.22. The van der Waals surface area contributed by atoms with Crippen LogP contribution in [0.4, 0.5) is 13.2 Å². The van der Waals surface area contributed by atoms with Crippen molar-refractivity contribution in [2.45, 2.75) is 79.0 Å². The Balaban J connectivity index is 2.58. The number of phenols is 1. The van der Waals surface area contributed by atoms with Crippen LogP contribution in [0.1, 0.15) is 70.6 Å². The molecule has 2 rings (SSSR count). The van der Waals surface area contributed by atoms with E-state index in [0.29, 0.717) is 42.6 Å². The molecule has 1 aliphatic rings. The molecule has 170 valence electrons. The van der Waals surface area contributed by atoms with Crippen molar-refractivity contribution in [1.82, 2.24) is 0 Å². The normalized spacial score (nSPS) is 15.5. The third-order valence-corrected chi connectivity index (χ3v) is 5.29. The van der Waals surface area contributed by atoms with Gasteiger partial charge in [-0.15, -0.1) is 0 Å². The summed E-state index contributed by atoms with van der Waals surface area (Å²) in [6.07, 6.45) is 3.98. The summed E-state index contributed by atoms with van der Waals surface area (Å²) in [6.45, 7) is 9.84. The van der Waals surface area contributed by atoms with Gasteiger partial charge in [0.05, 0.1) is 0 Å². The van der Waals surface area contributed by atoms with Gasteiger partial charge in [-0.05, 0) is 57.2 Å². The van der Waals surface area contributed by atoms with Crippen molar-refractivity contribution < 1.29 is 23.0 Å². The first-order chi connectivity index (χ1) is 14.5. The Morgan fingerprint density at radius 3 is 2.35 bits per heavy atom. The van der Waals surface area contributed by atoms with E-state index in [0.717, 1.165) is 12.0 Å². The van der Waals surface area contributed by atoms with Gasteiger partial charge in [0.1, 0.15) is 23.3 Å². The zero-order valence-electron chi connectivity index (χ0n) is 18.9. The van der Waals surface area contributed by atoms with Crippen LogP contribution in [0.5, 0.6) is 11.5 Å². The van der Waals surface area contributed by atoms with Crippen LogP contribution < -0.4 is 4.74 Å². The molecule has 2 N–H and O–H groups in total. The molecule has 0 saturated carbocycles. The number of alkyl halides is 3. The molecule has 0 radical (unpaired) electrons. The van der Waals surface area contributed by atoms with E-state index in [1.165, 1.54) is 17.2 Å². The molecule has 1 aromatic rings. The van der Waals surface area contributed by atoms with E-state index in [9.17, 15) is 18.3 Å². The van der Waals surface area contributed by atoms with Crippen LogP contribution in [0.2, 0.25) is 0 Å². The topological polar surface area (TPSA) is 53.3 Å². The maximum absolute atomic E-state index is 13.2. The molecule has 1 aromatic carbocycles. The molecule has 3 nitrogen and oxygen atoms in total. The number of aromatic hydroxyl groups is 1. The zero-order valence-corrected chi connectivity index (χ0v) is 18.9. The van der Waals surface area contributed by atoms with Crippen molar-refractivity contribution in [3.05, 3.63) is 57.7 Å². The van der Waals surface area contributed by atoms with Gasteiger partial charge in [-0.2, -0.15) is 13.2 Å². The van der Waals surface area contributed by atoms with Crippen LogP contribution in [0, 0.1) is 5.41 Å². The summed E-state index contributed by atoms with van der Waals surface area (Å²) in [5, 5.41) is 18.3. The molecule has 1 atom stereocenters. The van der Waals surface area contributed by atoms with Crippen LogP contribution >= 0.6 is 0 Å². The van der Waals surface area contributed by atoms with Gasteiger partial charge >= 0.3 is 6.18 Å². The van der Waals surface area contributed by atoms with Crippen LogP contribution in [0.25, 0.3) is 0 Å². The molecule has 6 heteroatoms. The number of ether oxygens (including phenoxy) is 1. The summed E-state index contributed by atoms with van der Waals surface area (Å²) >= 11 is 0. The number of benzene rings is 1. The Labute approximate surface area is 182 Å². The second-order valence-electron chi connectivity index (χ2n) is 8.22. The standard InChI is InChI=1S/C25H32F3NO2/c1-6-8-19-14-21(24(29)25(26,27)28)22(30)20(9-7-2)23(19)31-17(5)18-11-10-15(3)12-16(4)13-18/h10-11,13-14,17,29-30H,6-9,12H2,1-5H3. The number of phenolic OH excluding ortho intramolecular Hbond substituents is 1. The van der Waals surface area contributed by atoms with Crippen molar-refractivity contribution in [3.8, 4) is 11.5 Å². The summed E-state index contributed by atoms with van der Waals surface area (Å²) in [6, 6.07) is 1.27. The number of halogens is 3. The van der Waals surface area contributed by atoms with Crippen LogP contribution in [0.3, 0.4) is 0 Å². The molecule has 0 saturated heterocycles. The summed E-state index contributed by atoms with van der Waals surface area (Å²) < 4.78 is 46.0. The Hall–Kier alpha value is -2.50. The molecule has 1 unspecified atom stereocenters. The molecule has 0 amide bonds. The zero-order chi connectivity index (χ0) is 23.3. The van der Waals surface area contributed by atoms with Crippen LogP contribution in [0.15, 0.2) is 41.0 Å². The quantitative estimate of drug-likeness (QED) is 0.424. The van der Waals surface area contributed by atoms with E-state index in [1.807, 2.05) is 32.9 Å². The summed E-state index contributed by atoms with van der Waals surface area (Å²) in [7, 11) is 0. The fraction of sp³-hybridized carbons (Fsp3) is 0.480. The smallest absolute Gasteiger partial charge is 0.433 e. The fourth-order valence-corrected chi connectivity index (χ4v) is 3.82. The Morgan fingerprint density at radius 2 is 1.77 bits per heavy atom. The maximum Gasteiger partial charge on any atom is 0.433 e. The first kappa shape index (κ1) is 24.8. The monoisotopic (exact) mass is 435 g/mol. The molecular weight excluding hydrogens is 403 g/mol. The SMILES string of the molecule is CCCc1cc(C(=N)C(F)(F)F)c(O)c(CCC)c1OC(C)C1=CC=C(C)CC(C)=C1. The lowest BCUT2D eigenvalue weighted by Crippen LogP contribution is -2.24. The van der Waals surface area contributed by atoms with Crippen LogP contribution in [-0.2, 0) is 12.8 Å². The lowest BCUT2D eigenvalue weighted by molar-refractivity contribution is -0.0588. The first-order valence-electron chi connectivity index (χ1n) is 10.7. The van der Waals surface area contributed by atoms with E-state index < -0.39 is 23.2 Å².